The van der Waals surface area contributed by atoms with Crippen molar-refractivity contribution in [2.24, 2.45) is 0 Å². The van der Waals surface area contributed by atoms with Gasteiger partial charge in [0.1, 0.15) is 5.75 Å². The van der Waals surface area contributed by atoms with Gasteiger partial charge in [-0.1, -0.05) is 68.7 Å². The second kappa shape index (κ2) is 13.4. The minimum atomic E-state index is 0.570. The van der Waals surface area contributed by atoms with Crippen molar-refractivity contribution in [1.82, 2.24) is 15.1 Å². The van der Waals surface area contributed by atoms with Crippen LogP contribution in [0.4, 0.5) is 0 Å². The molecule has 0 N–H and O–H groups in total. The molecule has 1 aromatic heterocycles. The number of likely N-dealkylation sites (N-methyl/N-ethyl adjacent to an activating group) is 1. The highest BCUT2D eigenvalue weighted by Gasteiger charge is 2.18. The fourth-order valence-electron chi connectivity index (χ4n) is 4.37. The van der Waals surface area contributed by atoms with Gasteiger partial charge in [0.2, 0.25) is 11.8 Å². The third-order valence-electron chi connectivity index (χ3n) is 6.24. The van der Waals surface area contributed by atoms with Crippen LogP contribution in [-0.2, 0) is 5.75 Å². The van der Waals surface area contributed by atoms with E-state index in [0.29, 0.717) is 24.1 Å². The van der Waals surface area contributed by atoms with Crippen molar-refractivity contribution in [2.75, 3.05) is 25.4 Å². The number of thioether (sulfide) groups is 1. The molecule has 5 nitrogen and oxygen atoms in total. The number of para-hydroxylation sites is 1. The van der Waals surface area contributed by atoms with Gasteiger partial charge in [0.05, 0.1) is 12.4 Å². The largest absolute Gasteiger partial charge is 0.493 e. The summed E-state index contributed by atoms with van der Waals surface area (Å²) in [5.74, 6) is 3.66. The molecule has 0 atom stereocenters. The summed E-state index contributed by atoms with van der Waals surface area (Å²) in [7, 11) is 0. The number of rotatable bonds is 12. The summed E-state index contributed by atoms with van der Waals surface area (Å²) in [5.41, 5.74) is 2.14. The van der Waals surface area contributed by atoms with Gasteiger partial charge in [0.15, 0.2) is 0 Å². The first-order chi connectivity index (χ1) is 16.8. The van der Waals surface area contributed by atoms with Gasteiger partial charge < -0.3 is 9.15 Å². The zero-order chi connectivity index (χ0) is 23.4. The number of aromatic nitrogens is 2. The number of benzene rings is 2. The smallest absolute Gasteiger partial charge is 0.247 e. The van der Waals surface area contributed by atoms with E-state index in [0.717, 1.165) is 36.2 Å². The molecule has 1 saturated carbocycles. The molecule has 2 aromatic carbocycles. The van der Waals surface area contributed by atoms with Crippen LogP contribution < -0.4 is 4.74 Å². The van der Waals surface area contributed by atoms with Crippen LogP contribution in [0.25, 0.3) is 17.5 Å². The molecule has 3 aromatic rings. The van der Waals surface area contributed by atoms with Crippen LogP contribution in [0.3, 0.4) is 0 Å². The quantitative estimate of drug-likeness (QED) is 0.270. The zero-order valence-corrected chi connectivity index (χ0v) is 20.9. The van der Waals surface area contributed by atoms with Crippen LogP contribution in [0, 0.1) is 0 Å². The van der Waals surface area contributed by atoms with E-state index in [9.17, 15) is 0 Å². The maximum Gasteiger partial charge on any atom is 0.247 e. The second-order valence-corrected chi connectivity index (χ2v) is 9.72. The highest BCUT2D eigenvalue weighted by Crippen LogP contribution is 2.23. The average Bonchev–Trinajstić information content (AvgIpc) is 3.37. The molecule has 1 heterocycles. The van der Waals surface area contributed by atoms with Crippen molar-refractivity contribution in [1.29, 1.82) is 0 Å². The molecule has 1 aliphatic carbocycles. The lowest BCUT2D eigenvalue weighted by Crippen LogP contribution is -2.36. The molecule has 0 aliphatic heterocycles. The van der Waals surface area contributed by atoms with Crippen LogP contribution in [0.1, 0.15) is 50.5 Å². The summed E-state index contributed by atoms with van der Waals surface area (Å²) in [6.45, 7) is 5.06. The summed E-state index contributed by atoms with van der Waals surface area (Å²) >= 11 is 1.73. The van der Waals surface area contributed by atoms with E-state index in [4.69, 9.17) is 9.15 Å². The normalized spacial score (nSPS) is 14.8. The van der Waals surface area contributed by atoms with Crippen molar-refractivity contribution in [3.63, 3.8) is 0 Å². The van der Waals surface area contributed by atoms with Crippen molar-refractivity contribution in [3.05, 3.63) is 72.1 Å². The highest BCUT2D eigenvalue weighted by molar-refractivity contribution is 7.98. The molecule has 1 aliphatic rings. The Kier molecular flexibility index (Phi) is 9.64. The molecule has 0 unspecified atom stereocenters. The number of hydrogen-bond acceptors (Lipinski definition) is 6. The van der Waals surface area contributed by atoms with Crippen molar-refractivity contribution in [2.45, 2.75) is 50.8 Å². The Labute approximate surface area is 207 Å². The minimum absolute atomic E-state index is 0.570. The van der Waals surface area contributed by atoms with E-state index in [1.807, 2.05) is 30.3 Å². The Morgan fingerprint density at radius 1 is 1.03 bits per heavy atom. The summed E-state index contributed by atoms with van der Waals surface area (Å²) in [5, 5.41) is 8.42. The first-order valence-corrected chi connectivity index (χ1v) is 13.6. The topological polar surface area (TPSA) is 51.4 Å². The minimum Gasteiger partial charge on any atom is -0.493 e. The van der Waals surface area contributed by atoms with Crippen LogP contribution in [0.5, 0.6) is 5.75 Å². The lowest BCUT2D eigenvalue weighted by atomic mass is 9.94. The summed E-state index contributed by atoms with van der Waals surface area (Å²) in [6, 6.07) is 19.0. The van der Waals surface area contributed by atoms with Crippen LogP contribution in [0.2, 0.25) is 0 Å². The van der Waals surface area contributed by atoms with E-state index in [1.165, 1.54) is 37.7 Å². The molecule has 0 radical (unpaired) electrons. The third kappa shape index (κ3) is 7.47. The fraction of sp³-hybridized carbons (Fsp3) is 0.429. The highest BCUT2D eigenvalue weighted by atomic mass is 32.2. The van der Waals surface area contributed by atoms with Gasteiger partial charge in [0.25, 0.3) is 0 Å². The van der Waals surface area contributed by atoms with E-state index in [-0.39, 0.29) is 0 Å². The molecule has 6 heteroatoms. The van der Waals surface area contributed by atoms with Gasteiger partial charge in [0, 0.05) is 23.9 Å². The Morgan fingerprint density at radius 3 is 2.59 bits per heavy atom. The molecular formula is C28H35N3O2S. The Hall–Kier alpha value is -2.57. The fourth-order valence-corrected chi connectivity index (χ4v) is 5.00. The van der Waals surface area contributed by atoms with Crippen molar-refractivity contribution < 1.29 is 9.15 Å². The number of nitrogens with zero attached hydrogens (tertiary/aromatic N) is 3. The first-order valence-electron chi connectivity index (χ1n) is 12.4. The molecule has 4 rings (SSSR count). The Morgan fingerprint density at radius 2 is 1.82 bits per heavy atom. The van der Waals surface area contributed by atoms with Gasteiger partial charge in [-0.2, -0.15) is 0 Å². The second-order valence-electron chi connectivity index (χ2n) is 8.62. The van der Waals surface area contributed by atoms with Gasteiger partial charge in [-0.15, -0.1) is 22.0 Å². The van der Waals surface area contributed by atoms with Gasteiger partial charge >= 0.3 is 0 Å². The van der Waals surface area contributed by atoms with Crippen LogP contribution in [-0.4, -0.2) is 46.6 Å². The van der Waals surface area contributed by atoms with E-state index in [2.05, 4.69) is 58.4 Å². The van der Waals surface area contributed by atoms with Gasteiger partial charge in [-0.3, -0.25) is 4.90 Å². The SMILES string of the molecule is CCN(C/C=C/c1ccc(-c2nnc(CSCCOc3ccccc3)o2)cc1)C1CCCCC1. The predicted molar refractivity (Wildman–Crippen MR) is 141 cm³/mol. The van der Waals surface area contributed by atoms with Gasteiger partial charge in [-0.25, -0.2) is 0 Å². The van der Waals surface area contributed by atoms with E-state index >= 15 is 0 Å². The van der Waals surface area contributed by atoms with Gasteiger partial charge in [-0.05, 0) is 49.2 Å². The summed E-state index contributed by atoms with van der Waals surface area (Å²) in [6.07, 6.45) is 11.4. The molecule has 1 fully saturated rings. The standard InChI is InChI=1S/C28H35N3O2S/c1-2-31(25-11-5-3-6-12-25)19-9-10-23-15-17-24(18-16-23)28-30-29-27(33-28)22-34-21-20-32-26-13-7-4-8-14-26/h4,7-10,13-18,25H,2-3,5-6,11-12,19-22H2,1H3/b10-9+. The molecule has 0 saturated heterocycles. The predicted octanol–water partition coefficient (Wildman–Crippen LogP) is 6.72. The molecule has 0 bridgehead atoms. The van der Waals surface area contributed by atoms with E-state index in [1.54, 1.807) is 11.8 Å². The summed E-state index contributed by atoms with van der Waals surface area (Å²) < 4.78 is 11.6. The molecular weight excluding hydrogens is 442 g/mol. The Bertz CT molecular complexity index is 998. The van der Waals surface area contributed by atoms with Crippen LogP contribution >= 0.6 is 11.8 Å². The average molecular weight is 478 g/mol. The zero-order valence-electron chi connectivity index (χ0n) is 20.1. The third-order valence-corrected chi connectivity index (χ3v) is 7.14. The number of ether oxygens (including phenoxy) is 1. The number of hydrogen-bond donors (Lipinski definition) is 0. The summed E-state index contributed by atoms with van der Waals surface area (Å²) in [4.78, 5) is 2.61. The molecule has 0 amide bonds. The van der Waals surface area contributed by atoms with E-state index < -0.39 is 0 Å². The van der Waals surface area contributed by atoms with Crippen molar-refractivity contribution in [3.8, 4) is 17.2 Å². The monoisotopic (exact) mass is 477 g/mol. The first kappa shape index (κ1) is 24.6. The molecule has 180 valence electrons. The Balaban J connectivity index is 1.21. The maximum atomic E-state index is 5.86. The van der Waals surface area contributed by atoms with Crippen molar-refractivity contribution >= 4 is 17.8 Å². The lowest BCUT2D eigenvalue weighted by Gasteiger charge is -2.32. The molecule has 34 heavy (non-hydrogen) atoms. The maximum absolute atomic E-state index is 5.86. The van der Waals surface area contributed by atoms with Crippen LogP contribution in [0.15, 0.2) is 65.1 Å². The lowest BCUT2D eigenvalue weighted by molar-refractivity contribution is 0.181. The molecule has 0 spiro atoms.